The molecule has 0 saturated carbocycles. The molecule has 0 bridgehead atoms. The average molecular weight is 569 g/mol. The normalized spacial score (nSPS) is 17.7. The first kappa shape index (κ1) is 26.3. The number of imide groups is 1. The summed E-state index contributed by atoms with van der Waals surface area (Å²) in [5, 5.41) is 2.48. The summed E-state index contributed by atoms with van der Waals surface area (Å²) in [5.41, 5.74) is 6.54. The molecule has 2 N–H and O–H groups in total. The molecule has 0 fully saturated rings. The number of aliphatic imine (C=N–C) groups is 1. The van der Waals surface area contributed by atoms with Gasteiger partial charge in [0, 0.05) is 42.6 Å². The Morgan fingerprint density at radius 3 is 2.56 bits per heavy atom. The Morgan fingerprint density at radius 1 is 1.02 bits per heavy atom. The van der Waals surface area contributed by atoms with Gasteiger partial charge in [-0.1, -0.05) is 24.3 Å². The number of rotatable bonds is 4. The molecule has 0 radical (unpaired) electrons. The van der Waals surface area contributed by atoms with Crippen molar-refractivity contribution in [1.82, 2.24) is 19.7 Å². The molecule has 3 aliphatic rings. The van der Waals surface area contributed by atoms with Gasteiger partial charge in [-0.25, -0.2) is 4.98 Å². The van der Waals surface area contributed by atoms with Gasteiger partial charge in [-0.05, 0) is 48.2 Å². The molecule has 6 heterocycles. The van der Waals surface area contributed by atoms with Crippen molar-refractivity contribution >= 4 is 44.6 Å². The van der Waals surface area contributed by atoms with Gasteiger partial charge in [0.05, 0.1) is 40.7 Å². The van der Waals surface area contributed by atoms with Gasteiger partial charge in [-0.3, -0.25) is 33.8 Å². The van der Waals surface area contributed by atoms with Crippen LogP contribution in [0.5, 0.6) is 0 Å². The fourth-order valence-electron chi connectivity index (χ4n) is 5.44. The second kappa shape index (κ2) is 10.2. The summed E-state index contributed by atoms with van der Waals surface area (Å²) in [5.74, 6) is -0.901. The summed E-state index contributed by atoms with van der Waals surface area (Å²) in [6.45, 7) is 0. The highest BCUT2D eigenvalue weighted by Gasteiger charge is 2.39. The third-order valence-electron chi connectivity index (χ3n) is 6.97. The summed E-state index contributed by atoms with van der Waals surface area (Å²) in [6.07, 6.45) is 13.2. The van der Waals surface area contributed by atoms with Crippen molar-refractivity contribution in [3.05, 3.63) is 114 Å². The first-order valence-corrected chi connectivity index (χ1v) is 14.5. The minimum Gasteiger partial charge on any atom is -0.342 e. The molecule has 1 aromatic carbocycles. The van der Waals surface area contributed by atoms with Gasteiger partial charge in [0.15, 0.2) is 0 Å². The van der Waals surface area contributed by atoms with Crippen molar-refractivity contribution in [2.75, 3.05) is 11.2 Å². The molecule has 12 heteroatoms. The number of aromatic nitrogens is 3. The second-order valence-corrected chi connectivity index (χ2v) is 11.2. The second-order valence-electron chi connectivity index (χ2n) is 9.75. The molecule has 4 aromatic rings. The van der Waals surface area contributed by atoms with E-state index in [4.69, 9.17) is 9.55 Å². The minimum atomic E-state index is -3.67. The summed E-state index contributed by atoms with van der Waals surface area (Å²) in [7, 11) is -3.67. The van der Waals surface area contributed by atoms with Crippen LogP contribution < -0.4 is 10.2 Å². The molecule has 3 aliphatic heterocycles. The molecule has 3 aromatic heterocycles. The van der Waals surface area contributed by atoms with Crippen LogP contribution >= 0.6 is 0 Å². The average Bonchev–Trinajstić information content (AvgIpc) is 3.54. The Morgan fingerprint density at radius 2 is 1.78 bits per heavy atom. The minimum absolute atomic E-state index is 0.209. The van der Waals surface area contributed by atoms with E-state index < -0.39 is 21.9 Å². The molecular formula is C29H24N6O5S. The molecule has 1 atom stereocenters. The van der Waals surface area contributed by atoms with Crippen LogP contribution in [-0.4, -0.2) is 57.2 Å². The lowest BCUT2D eigenvalue weighted by Crippen LogP contribution is -2.29. The van der Waals surface area contributed by atoms with Crippen molar-refractivity contribution in [2.45, 2.75) is 18.9 Å². The van der Waals surface area contributed by atoms with E-state index in [9.17, 15) is 18.0 Å². The zero-order valence-electron chi connectivity index (χ0n) is 21.8. The van der Waals surface area contributed by atoms with Gasteiger partial charge < -0.3 is 4.90 Å². The topological polar surface area (TPSA) is 146 Å². The van der Waals surface area contributed by atoms with Crippen LogP contribution in [-0.2, 0) is 32.5 Å². The Hall–Kier alpha value is -4.94. The van der Waals surface area contributed by atoms with Gasteiger partial charge in [-0.2, -0.15) is 8.42 Å². The highest BCUT2D eigenvalue weighted by atomic mass is 32.2. The molecule has 0 saturated heterocycles. The number of para-hydroxylation sites is 1. The summed E-state index contributed by atoms with van der Waals surface area (Å²) < 4.78 is 27.7. The first-order valence-electron chi connectivity index (χ1n) is 12.7. The smallest absolute Gasteiger partial charge is 0.261 e. The van der Waals surface area contributed by atoms with E-state index >= 15 is 0 Å². The summed E-state index contributed by atoms with van der Waals surface area (Å²) in [6, 6.07) is 16.0. The van der Waals surface area contributed by atoms with Gasteiger partial charge in [-0.15, -0.1) is 0 Å². The lowest BCUT2D eigenvalue weighted by molar-refractivity contribution is -0.123. The fourth-order valence-corrected chi connectivity index (χ4v) is 5.44. The van der Waals surface area contributed by atoms with Gasteiger partial charge >= 0.3 is 0 Å². The van der Waals surface area contributed by atoms with Crippen LogP contribution in [0.4, 0.5) is 5.69 Å². The van der Waals surface area contributed by atoms with Crippen molar-refractivity contribution in [3.8, 4) is 0 Å². The molecule has 41 heavy (non-hydrogen) atoms. The molecule has 206 valence electrons. The van der Waals surface area contributed by atoms with E-state index in [0.717, 1.165) is 24.1 Å². The number of hydrogen-bond acceptors (Lipinski definition) is 8. The summed E-state index contributed by atoms with van der Waals surface area (Å²) >= 11 is 0. The van der Waals surface area contributed by atoms with Gasteiger partial charge in [0.1, 0.15) is 5.65 Å². The summed E-state index contributed by atoms with van der Waals surface area (Å²) in [4.78, 5) is 41.8. The van der Waals surface area contributed by atoms with Crippen LogP contribution in [0.25, 0.3) is 11.2 Å². The highest BCUT2D eigenvalue weighted by Crippen LogP contribution is 2.40. The van der Waals surface area contributed by atoms with Crippen LogP contribution in [0.2, 0.25) is 0 Å². The number of fused-ring (bicyclic) bond motifs is 1. The van der Waals surface area contributed by atoms with E-state index in [0.29, 0.717) is 23.3 Å². The Kier molecular flexibility index (Phi) is 6.56. The van der Waals surface area contributed by atoms with Crippen molar-refractivity contribution < 1.29 is 22.6 Å². The van der Waals surface area contributed by atoms with Crippen molar-refractivity contribution in [3.63, 3.8) is 0 Å². The maximum atomic E-state index is 13.2. The third-order valence-corrected chi connectivity index (χ3v) is 6.97. The molecule has 2 amide bonds. The lowest BCUT2D eigenvalue weighted by Gasteiger charge is -2.24. The van der Waals surface area contributed by atoms with E-state index in [1.807, 2.05) is 71.7 Å². The number of amides is 2. The van der Waals surface area contributed by atoms with Crippen LogP contribution in [0.15, 0.2) is 96.3 Å². The monoisotopic (exact) mass is 568 g/mol. The predicted molar refractivity (Wildman–Crippen MR) is 153 cm³/mol. The zero-order chi connectivity index (χ0) is 28.7. The van der Waals surface area contributed by atoms with Gasteiger partial charge in [0.2, 0.25) is 0 Å². The van der Waals surface area contributed by atoms with E-state index in [-0.39, 0.29) is 17.2 Å². The van der Waals surface area contributed by atoms with Crippen LogP contribution in [0.3, 0.4) is 0 Å². The Balaban J connectivity index is 0.000000559. The first-order chi connectivity index (χ1) is 19.7. The lowest BCUT2D eigenvalue weighted by atomic mass is 9.94. The fraction of sp³-hybridized carbons (Fsp3) is 0.138. The predicted octanol–water partition coefficient (Wildman–Crippen LogP) is 2.59. The number of imidazole rings is 1. The third kappa shape index (κ3) is 5.06. The number of carbonyl (C=O) groups excluding carboxylic acids is 2. The number of pyridine rings is 2. The maximum Gasteiger partial charge on any atom is 0.261 e. The number of anilines is 1. The van der Waals surface area contributed by atoms with Crippen LogP contribution in [0.1, 0.15) is 22.4 Å². The number of hydrogen-bond donors (Lipinski definition) is 2. The Bertz CT molecular complexity index is 1900. The SMILES string of the molecule is CS(=O)(=O)O.O=C1NC(=O)C(c2cnc3ccccn23)=C1C1=NC=CN2c3c(cccc31)CC2Cc1ccncc1. The van der Waals surface area contributed by atoms with E-state index in [1.54, 1.807) is 12.4 Å². The molecular weight excluding hydrogens is 544 g/mol. The molecule has 0 spiro atoms. The quantitative estimate of drug-likeness (QED) is 0.282. The van der Waals surface area contributed by atoms with Crippen LogP contribution in [0, 0.1) is 0 Å². The largest absolute Gasteiger partial charge is 0.342 e. The number of benzene rings is 1. The van der Waals surface area contributed by atoms with E-state index in [1.165, 1.54) is 11.1 Å². The molecule has 0 aliphatic carbocycles. The number of nitrogens with one attached hydrogen (secondary N) is 1. The standard InChI is InChI=1S/C28H20N6O2.CH4O3S/c35-27-23(21-16-31-22-6-1-2-12-34(21)22)24(28(36)32-27)25-20-5-3-4-18-15-19(14-17-7-9-29-10-8-17)33(26(18)20)13-11-30-25;1-5(2,3)4/h1-13,16,19H,14-15H2,(H,32,35,36);1H3,(H,2,3,4). The highest BCUT2D eigenvalue weighted by molar-refractivity contribution is 7.85. The Labute approximate surface area is 235 Å². The molecule has 7 rings (SSSR count). The maximum absolute atomic E-state index is 13.2. The number of carbonyl (C=O) groups is 2. The van der Waals surface area contributed by atoms with Crippen molar-refractivity contribution in [1.29, 1.82) is 0 Å². The molecule has 1 unspecified atom stereocenters. The van der Waals surface area contributed by atoms with E-state index in [2.05, 4.69) is 26.3 Å². The van der Waals surface area contributed by atoms with Crippen molar-refractivity contribution in [2.24, 2.45) is 4.99 Å². The number of nitrogens with zero attached hydrogens (tertiary/aromatic N) is 5. The molecule has 11 nitrogen and oxygen atoms in total. The van der Waals surface area contributed by atoms with Gasteiger partial charge in [0.25, 0.3) is 21.9 Å². The zero-order valence-corrected chi connectivity index (χ0v) is 22.6.